The van der Waals surface area contributed by atoms with Crippen LogP contribution in [0, 0.1) is 5.92 Å². The summed E-state index contributed by atoms with van der Waals surface area (Å²) in [5.74, 6) is -2.33. The molecule has 3 amide bonds. The maximum atomic E-state index is 13.9. The van der Waals surface area contributed by atoms with E-state index in [4.69, 9.17) is 39.5 Å². The third kappa shape index (κ3) is 5.26. The standard InChI is InChI=1S/C28H18Cl3N3O5S2/c29-13-5-8-15(9-6-13)34-26(36)22-21(23-25(33-28(38)41-23)40-24(22)27(34)37)16-3-1-2-4-19(16)39-12-20(35)32-14-7-10-17(30)18(31)11-14/h1-11,21-22,24H,12H2,(H,32,35)(H,33,38). The van der Waals surface area contributed by atoms with Crippen molar-refractivity contribution < 1.29 is 19.1 Å². The molecule has 0 aliphatic carbocycles. The summed E-state index contributed by atoms with van der Waals surface area (Å²) >= 11 is 20.2. The van der Waals surface area contributed by atoms with Gasteiger partial charge in [0.1, 0.15) is 11.0 Å². The van der Waals surface area contributed by atoms with Gasteiger partial charge in [0.05, 0.1) is 26.7 Å². The van der Waals surface area contributed by atoms with Crippen LogP contribution in [0.25, 0.3) is 0 Å². The van der Waals surface area contributed by atoms with E-state index in [1.165, 1.54) is 22.7 Å². The second-order valence-electron chi connectivity index (χ2n) is 9.24. The fourth-order valence-electron chi connectivity index (χ4n) is 4.98. The minimum absolute atomic E-state index is 0.290. The van der Waals surface area contributed by atoms with Gasteiger partial charge in [0.2, 0.25) is 11.8 Å². The molecule has 1 fully saturated rings. The minimum atomic E-state index is -0.808. The normalized spacial score (nSPS) is 19.6. The molecule has 208 valence electrons. The summed E-state index contributed by atoms with van der Waals surface area (Å²) in [7, 11) is 0. The first kappa shape index (κ1) is 27.9. The number of para-hydroxylation sites is 1. The molecule has 2 aliphatic rings. The largest absolute Gasteiger partial charge is 0.483 e. The van der Waals surface area contributed by atoms with Crippen molar-refractivity contribution in [1.82, 2.24) is 4.98 Å². The maximum Gasteiger partial charge on any atom is 0.305 e. The first-order valence-corrected chi connectivity index (χ1v) is 15.0. The third-order valence-corrected chi connectivity index (χ3v) is 10.1. The molecule has 1 aromatic heterocycles. The number of carbonyl (C=O) groups is 3. The van der Waals surface area contributed by atoms with Crippen LogP contribution in [0.3, 0.4) is 0 Å². The van der Waals surface area contributed by atoms with Crippen LogP contribution in [0.15, 0.2) is 76.6 Å². The number of hydrogen-bond acceptors (Lipinski definition) is 7. The lowest BCUT2D eigenvalue weighted by atomic mass is 9.82. The Morgan fingerprint density at radius 1 is 0.951 bits per heavy atom. The smallest absolute Gasteiger partial charge is 0.305 e. The van der Waals surface area contributed by atoms with E-state index < -0.39 is 28.9 Å². The number of halogens is 3. The molecule has 4 aromatic rings. The number of fused-ring (bicyclic) bond motifs is 2. The number of rotatable bonds is 6. The lowest BCUT2D eigenvalue weighted by Gasteiger charge is -2.30. The van der Waals surface area contributed by atoms with Gasteiger partial charge in [0, 0.05) is 27.1 Å². The van der Waals surface area contributed by atoms with Crippen molar-refractivity contribution in [3.8, 4) is 5.75 Å². The molecule has 3 atom stereocenters. The number of thiazole rings is 1. The summed E-state index contributed by atoms with van der Waals surface area (Å²) < 4.78 is 5.95. The number of hydrogen-bond donors (Lipinski definition) is 2. The van der Waals surface area contributed by atoms with Crippen molar-refractivity contribution >= 4 is 87.0 Å². The van der Waals surface area contributed by atoms with Crippen molar-refractivity contribution in [2.75, 3.05) is 16.8 Å². The number of amides is 3. The highest BCUT2D eigenvalue weighted by Crippen LogP contribution is 2.54. The Morgan fingerprint density at radius 3 is 2.46 bits per heavy atom. The average Bonchev–Trinajstić information content (AvgIpc) is 3.44. The van der Waals surface area contributed by atoms with Gasteiger partial charge in [-0.25, -0.2) is 4.90 Å². The molecule has 2 aliphatic heterocycles. The lowest BCUT2D eigenvalue weighted by Crippen LogP contribution is -2.32. The summed E-state index contributed by atoms with van der Waals surface area (Å²) in [5, 5.41) is 3.61. The van der Waals surface area contributed by atoms with E-state index in [-0.39, 0.29) is 17.4 Å². The summed E-state index contributed by atoms with van der Waals surface area (Å²) in [6, 6.07) is 18.2. The monoisotopic (exact) mass is 645 g/mol. The predicted octanol–water partition coefficient (Wildman–Crippen LogP) is 6.21. The topological polar surface area (TPSA) is 109 Å². The zero-order valence-corrected chi connectivity index (χ0v) is 24.6. The summed E-state index contributed by atoms with van der Waals surface area (Å²) in [5.41, 5.74) is 1.45. The van der Waals surface area contributed by atoms with E-state index in [0.717, 1.165) is 11.3 Å². The molecule has 8 nitrogen and oxygen atoms in total. The highest BCUT2D eigenvalue weighted by molar-refractivity contribution is 8.00. The molecule has 0 radical (unpaired) electrons. The molecule has 41 heavy (non-hydrogen) atoms. The molecule has 3 heterocycles. The molecular weight excluding hydrogens is 629 g/mol. The number of nitrogens with one attached hydrogen (secondary N) is 2. The predicted molar refractivity (Wildman–Crippen MR) is 161 cm³/mol. The van der Waals surface area contributed by atoms with Gasteiger partial charge in [-0.1, -0.05) is 76.1 Å². The molecule has 0 spiro atoms. The van der Waals surface area contributed by atoms with Crippen LogP contribution in [0.2, 0.25) is 15.1 Å². The van der Waals surface area contributed by atoms with Gasteiger partial charge in [0.25, 0.3) is 5.91 Å². The summed E-state index contributed by atoms with van der Waals surface area (Å²) in [6.07, 6.45) is 0. The third-order valence-electron chi connectivity index (χ3n) is 6.72. The van der Waals surface area contributed by atoms with Gasteiger partial charge in [-0.2, -0.15) is 0 Å². The molecule has 1 saturated heterocycles. The number of carbonyl (C=O) groups excluding carboxylic acids is 3. The number of ether oxygens (including phenoxy) is 1. The number of aromatic amines is 1. The zero-order chi connectivity index (χ0) is 28.8. The Kier molecular flexibility index (Phi) is 7.60. The van der Waals surface area contributed by atoms with E-state index in [1.807, 2.05) is 0 Å². The molecule has 3 aromatic carbocycles. The van der Waals surface area contributed by atoms with Crippen molar-refractivity contribution in [3.05, 3.63) is 102 Å². The summed E-state index contributed by atoms with van der Waals surface area (Å²) in [6.45, 7) is -0.340. The van der Waals surface area contributed by atoms with E-state index in [2.05, 4.69) is 10.3 Å². The van der Waals surface area contributed by atoms with Crippen LogP contribution >= 0.6 is 57.9 Å². The molecule has 0 bridgehead atoms. The summed E-state index contributed by atoms with van der Waals surface area (Å²) in [4.78, 5) is 57.0. The lowest BCUT2D eigenvalue weighted by molar-refractivity contribution is -0.122. The number of anilines is 2. The Bertz CT molecular complexity index is 1760. The maximum absolute atomic E-state index is 13.9. The van der Waals surface area contributed by atoms with Crippen molar-refractivity contribution in [2.24, 2.45) is 5.92 Å². The Morgan fingerprint density at radius 2 is 1.71 bits per heavy atom. The Labute approximate surface area is 256 Å². The van der Waals surface area contributed by atoms with Gasteiger partial charge in [-0.05, 0) is 48.5 Å². The number of aromatic nitrogens is 1. The first-order chi connectivity index (χ1) is 19.7. The second kappa shape index (κ2) is 11.2. The number of imide groups is 1. The first-order valence-electron chi connectivity index (χ1n) is 12.2. The molecule has 13 heteroatoms. The van der Waals surface area contributed by atoms with Crippen LogP contribution in [-0.2, 0) is 14.4 Å². The Balaban J connectivity index is 1.32. The molecule has 0 saturated carbocycles. The SMILES string of the molecule is O=C(COc1ccccc1C1c2sc(=O)[nH]c2SC2C(=O)N(c3ccc(Cl)cc3)C(=O)C21)Nc1ccc(Cl)c(Cl)c1. The van der Waals surface area contributed by atoms with Gasteiger partial charge in [0.15, 0.2) is 6.61 Å². The van der Waals surface area contributed by atoms with Crippen LogP contribution in [0.5, 0.6) is 5.75 Å². The van der Waals surface area contributed by atoms with E-state index in [0.29, 0.717) is 47.7 Å². The number of benzene rings is 3. The number of thioether (sulfide) groups is 1. The minimum Gasteiger partial charge on any atom is -0.483 e. The fraction of sp³-hybridized carbons (Fsp3) is 0.143. The van der Waals surface area contributed by atoms with Gasteiger partial charge in [-0.15, -0.1) is 0 Å². The highest BCUT2D eigenvalue weighted by atomic mass is 35.5. The molecule has 3 unspecified atom stereocenters. The fourth-order valence-corrected chi connectivity index (χ4v) is 7.91. The van der Waals surface area contributed by atoms with Crippen LogP contribution in [0.4, 0.5) is 11.4 Å². The van der Waals surface area contributed by atoms with Crippen LogP contribution < -0.4 is 19.8 Å². The number of H-pyrrole nitrogens is 1. The highest BCUT2D eigenvalue weighted by Gasteiger charge is 2.56. The van der Waals surface area contributed by atoms with Crippen molar-refractivity contribution in [2.45, 2.75) is 16.2 Å². The van der Waals surface area contributed by atoms with Crippen molar-refractivity contribution in [3.63, 3.8) is 0 Å². The quantitative estimate of drug-likeness (QED) is 0.241. The van der Waals surface area contributed by atoms with Gasteiger partial charge >= 0.3 is 4.87 Å². The van der Waals surface area contributed by atoms with E-state index in [9.17, 15) is 19.2 Å². The van der Waals surface area contributed by atoms with Gasteiger partial charge < -0.3 is 15.0 Å². The van der Waals surface area contributed by atoms with Crippen LogP contribution in [0.1, 0.15) is 16.4 Å². The van der Waals surface area contributed by atoms with E-state index >= 15 is 0 Å². The van der Waals surface area contributed by atoms with E-state index in [1.54, 1.807) is 60.7 Å². The second-order valence-corrected chi connectivity index (χ2v) is 12.7. The average molecular weight is 647 g/mol. The Hall–Kier alpha value is -3.28. The zero-order valence-electron chi connectivity index (χ0n) is 20.7. The molecular formula is C28H18Cl3N3O5S2. The van der Waals surface area contributed by atoms with Gasteiger partial charge in [-0.3, -0.25) is 19.2 Å². The molecule has 6 rings (SSSR count). The molecule has 2 N–H and O–H groups in total. The van der Waals surface area contributed by atoms with Crippen molar-refractivity contribution in [1.29, 1.82) is 0 Å². The van der Waals surface area contributed by atoms with Crippen LogP contribution in [-0.4, -0.2) is 34.6 Å². The number of nitrogens with zero attached hydrogens (tertiary/aromatic N) is 1.